The molecule has 0 fully saturated rings. The molecule has 1 aliphatic carbocycles. The molecular weight excluding hydrogens is 360 g/mol. The van der Waals surface area contributed by atoms with Crippen LogP contribution in [0.3, 0.4) is 0 Å². The van der Waals surface area contributed by atoms with Crippen LogP contribution in [0.5, 0.6) is 0 Å². The Kier molecular flexibility index (Phi) is 6.09. The summed E-state index contributed by atoms with van der Waals surface area (Å²) in [5, 5.41) is 0. The molecule has 0 aromatic heterocycles. The van der Waals surface area contributed by atoms with Gasteiger partial charge in [0.25, 0.3) is 0 Å². The number of rotatable bonds is 4. The van der Waals surface area contributed by atoms with Gasteiger partial charge in [0.1, 0.15) is 0 Å². The Morgan fingerprint density at radius 1 is 0.852 bits per heavy atom. The van der Waals surface area contributed by atoms with E-state index in [0.29, 0.717) is 11.8 Å². The molecule has 1 heteroatoms. The molecule has 0 unspecified atom stereocenters. The van der Waals surface area contributed by atoms with Crippen molar-refractivity contribution in [3.8, 4) is 11.1 Å². The average molecular weight is 387 g/mol. The standard InChI is InChI=1S/C26H27.Ti/c1-17(2)20-10-12-24(18(3)4)22(15-20)13-19-9-11-26-23(14-19)16-21-7-5-6-8-25(21)26;/h5-12,15,17-18H,13,16H2,1-4H3;/q-1;. The summed E-state index contributed by atoms with van der Waals surface area (Å²) in [7, 11) is 0. The Labute approximate surface area is 178 Å². The van der Waals surface area contributed by atoms with Gasteiger partial charge in [0.15, 0.2) is 0 Å². The van der Waals surface area contributed by atoms with E-state index in [2.05, 4.69) is 88.4 Å². The zero-order valence-corrected chi connectivity index (χ0v) is 18.3. The molecule has 27 heavy (non-hydrogen) atoms. The zero-order valence-electron chi connectivity index (χ0n) is 16.8. The molecule has 0 aliphatic heterocycles. The third-order valence-corrected chi connectivity index (χ3v) is 5.60. The van der Waals surface area contributed by atoms with Crippen LogP contribution in [0.2, 0.25) is 0 Å². The third-order valence-electron chi connectivity index (χ3n) is 5.60. The van der Waals surface area contributed by atoms with Gasteiger partial charge in [-0.25, -0.2) is 0 Å². The van der Waals surface area contributed by atoms with Crippen LogP contribution in [0.1, 0.15) is 72.9 Å². The summed E-state index contributed by atoms with van der Waals surface area (Å²) < 4.78 is 0. The number of benzene rings is 3. The molecule has 0 bridgehead atoms. The average Bonchev–Trinajstić information content (AvgIpc) is 2.99. The summed E-state index contributed by atoms with van der Waals surface area (Å²) in [6, 6.07) is 24.1. The maximum absolute atomic E-state index is 3.74. The molecule has 3 aromatic carbocycles. The van der Waals surface area contributed by atoms with Crippen LogP contribution in [0.4, 0.5) is 0 Å². The van der Waals surface area contributed by atoms with E-state index in [1.54, 1.807) is 0 Å². The van der Waals surface area contributed by atoms with Crippen molar-refractivity contribution in [2.24, 2.45) is 0 Å². The molecule has 3 aromatic rings. The molecule has 0 atom stereocenters. The summed E-state index contributed by atoms with van der Waals surface area (Å²) in [6.45, 7) is 9.12. The van der Waals surface area contributed by atoms with E-state index in [-0.39, 0.29) is 21.7 Å². The van der Waals surface area contributed by atoms with Crippen LogP contribution in [0.15, 0.2) is 54.6 Å². The molecule has 0 N–H and O–H groups in total. The van der Waals surface area contributed by atoms with Gasteiger partial charge >= 0.3 is 0 Å². The van der Waals surface area contributed by atoms with Gasteiger partial charge in [0.05, 0.1) is 0 Å². The minimum atomic E-state index is 0. The normalized spacial score (nSPS) is 12.1. The summed E-state index contributed by atoms with van der Waals surface area (Å²) in [4.78, 5) is 0. The van der Waals surface area contributed by atoms with Gasteiger partial charge in [-0.3, -0.25) is 0 Å². The molecule has 0 saturated carbocycles. The van der Waals surface area contributed by atoms with Crippen LogP contribution < -0.4 is 0 Å². The van der Waals surface area contributed by atoms with Crippen molar-refractivity contribution in [3.63, 3.8) is 0 Å². The summed E-state index contributed by atoms with van der Waals surface area (Å²) in [5.41, 5.74) is 11.2. The van der Waals surface area contributed by atoms with E-state index in [1.165, 1.54) is 44.5 Å². The second-order valence-corrected chi connectivity index (χ2v) is 8.15. The van der Waals surface area contributed by atoms with Crippen molar-refractivity contribution in [2.45, 2.75) is 52.4 Å². The van der Waals surface area contributed by atoms with Crippen LogP contribution in [-0.4, -0.2) is 0 Å². The largest absolute Gasteiger partial charge is 0.176 e. The number of fused-ring (bicyclic) bond motifs is 3. The molecular formula is C26H27Ti-. The van der Waals surface area contributed by atoms with Crippen molar-refractivity contribution >= 4 is 0 Å². The summed E-state index contributed by atoms with van der Waals surface area (Å²) >= 11 is 0. The maximum Gasteiger partial charge on any atom is 0 e. The first-order valence-corrected chi connectivity index (χ1v) is 9.78. The maximum atomic E-state index is 3.74. The molecule has 1 aliphatic rings. The molecule has 0 saturated heterocycles. The van der Waals surface area contributed by atoms with Gasteiger partial charge in [-0.05, 0) is 41.4 Å². The smallest absolute Gasteiger partial charge is 0 e. The van der Waals surface area contributed by atoms with Gasteiger partial charge < -0.3 is 0 Å². The van der Waals surface area contributed by atoms with Crippen molar-refractivity contribution in [1.29, 1.82) is 0 Å². The quantitative estimate of drug-likeness (QED) is 0.264. The summed E-state index contributed by atoms with van der Waals surface area (Å²) in [5.74, 6) is 1.11. The van der Waals surface area contributed by atoms with Crippen molar-refractivity contribution in [2.75, 3.05) is 0 Å². The van der Waals surface area contributed by atoms with Crippen molar-refractivity contribution < 1.29 is 21.7 Å². The fourth-order valence-corrected chi connectivity index (χ4v) is 4.12. The van der Waals surface area contributed by atoms with Gasteiger partial charge in [0.2, 0.25) is 0 Å². The van der Waals surface area contributed by atoms with Gasteiger partial charge in [0, 0.05) is 21.7 Å². The van der Waals surface area contributed by atoms with E-state index in [1.807, 2.05) is 0 Å². The Morgan fingerprint density at radius 2 is 1.63 bits per heavy atom. The second kappa shape index (κ2) is 8.17. The van der Waals surface area contributed by atoms with Crippen LogP contribution >= 0.6 is 0 Å². The SMILES string of the molecule is CC(C)c1ccc(C(C)C)c(Cc2[c-]c3c(cc2)-c2ccccc2C3)c1.[Ti]. The second-order valence-electron chi connectivity index (χ2n) is 8.15. The predicted molar refractivity (Wildman–Crippen MR) is 111 cm³/mol. The van der Waals surface area contributed by atoms with Crippen LogP contribution in [0, 0.1) is 6.07 Å². The van der Waals surface area contributed by atoms with Gasteiger partial charge in [-0.1, -0.05) is 81.3 Å². The molecule has 136 valence electrons. The van der Waals surface area contributed by atoms with E-state index in [9.17, 15) is 0 Å². The molecule has 0 radical (unpaired) electrons. The molecule has 0 heterocycles. The fourth-order valence-electron chi connectivity index (χ4n) is 4.12. The Balaban J connectivity index is 0.00000210. The molecule has 0 nitrogen and oxygen atoms in total. The van der Waals surface area contributed by atoms with E-state index in [0.717, 1.165) is 12.8 Å². The van der Waals surface area contributed by atoms with Crippen molar-refractivity contribution in [3.05, 3.63) is 94.0 Å². The zero-order chi connectivity index (χ0) is 18.3. The minimum Gasteiger partial charge on any atom is -0.176 e. The van der Waals surface area contributed by atoms with E-state index >= 15 is 0 Å². The fraction of sp³-hybridized carbons (Fsp3) is 0.308. The van der Waals surface area contributed by atoms with E-state index in [4.69, 9.17) is 0 Å². The monoisotopic (exact) mass is 387 g/mol. The minimum absolute atomic E-state index is 0. The molecule has 0 spiro atoms. The first-order valence-electron chi connectivity index (χ1n) is 9.78. The van der Waals surface area contributed by atoms with Gasteiger partial charge in [-0.2, -0.15) is 23.8 Å². The predicted octanol–water partition coefficient (Wildman–Crippen LogP) is 6.89. The Morgan fingerprint density at radius 3 is 2.37 bits per heavy atom. The van der Waals surface area contributed by atoms with E-state index < -0.39 is 0 Å². The third kappa shape index (κ3) is 3.98. The Bertz CT molecular complexity index is 950. The first kappa shape index (κ1) is 20.1. The number of hydrogen-bond acceptors (Lipinski definition) is 0. The topological polar surface area (TPSA) is 0 Å². The van der Waals surface area contributed by atoms with Crippen molar-refractivity contribution in [1.82, 2.24) is 0 Å². The Hall–Kier alpha value is -1.63. The number of hydrogen-bond donors (Lipinski definition) is 0. The first-order chi connectivity index (χ1) is 12.5. The molecule has 4 rings (SSSR count). The van der Waals surface area contributed by atoms with Crippen LogP contribution in [-0.2, 0) is 34.6 Å². The molecule has 0 amide bonds. The van der Waals surface area contributed by atoms with Gasteiger partial charge in [-0.15, -0.1) is 11.1 Å². The van der Waals surface area contributed by atoms with Crippen LogP contribution in [0.25, 0.3) is 11.1 Å². The summed E-state index contributed by atoms with van der Waals surface area (Å²) in [6.07, 6.45) is 1.99.